The first-order valence-corrected chi connectivity index (χ1v) is 10.0. The van der Waals surface area contributed by atoms with E-state index in [4.69, 9.17) is 4.74 Å². The summed E-state index contributed by atoms with van der Waals surface area (Å²) in [5.41, 5.74) is 4.37. The second kappa shape index (κ2) is 7.70. The van der Waals surface area contributed by atoms with Gasteiger partial charge in [0.15, 0.2) is 0 Å². The summed E-state index contributed by atoms with van der Waals surface area (Å²) in [4.78, 5) is 38.4. The minimum absolute atomic E-state index is 0.0210. The van der Waals surface area contributed by atoms with Crippen LogP contribution in [0.4, 0.5) is 10.5 Å². The van der Waals surface area contributed by atoms with Gasteiger partial charge in [-0.05, 0) is 34.4 Å². The molecule has 1 heterocycles. The van der Waals surface area contributed by atoms with Crippen molar-refractivity contribution in [1.82, 2.24) is 4.98 Å². The number of rotatable bonds is 4. The van der Waals surface area contributed by atoms with Crippen LogP contribution in [0.3, 0.4) is 0 Å². The van der Waals surface area contributed by atoms with Gasteiger partial charge in [-0.15, -0.1) is 0 Å². The number of anilines is 1. The number of hydrogen-bond acceptors (Lipinski definition) is 4. The second-order valence-electron chi connectivity index (χ2n) is 7.55. The average molecular weight is 426 g/mol. The molecule has 0 fully saturated rings. The Balaban J connectivity index is 1.35. The summed E-state index contributed by atoms with van der Waals surface area (Å²) >= 11 is 0. The van der Waals surface area contributed by atoms with E-state index in [9.17, 15) is 19.5 Å². The number of carbonyl (C=O) groups excluding carboxylic acids is 1. The largest absolute Gasteiger partial charge is 0.478 e. The standard InChI is InChI=1S/C25H18N2O5/c28-23-20-11-14(9-10-19(20)21(12-26-23)24(29)30)27-25(31)32-13-22-17-7-3-1-5-15(17)16-6-2-4-8-18(16)22/h1-12,22H,13H2,(H,26,28)(H,27,31)(H,29,30). The van der Waals surface area contributed by atoms with E-state index in [1.807, 2.05) is 36.4 Å². The van der Waals surface area contributed by atoms with Crippen molar-refractivity contribution in [2.24, 2.45) is 0 Å². The van der Waals surface area contributed by atoms with E-state index in [0.29, 0.717) is 11.1 Å². The van der Waals surface area contributed by atoms with Crippen LogP contribution in [0.1, 0.15) is 27.4 Å². The van der Waals surface area contributed by atoms with E-state index >= 15 is 0 Å². The van der Waals surface area contributed by atoms with Crippen molar-refractivity contribution >= 4 is 28.5 Å². The number of pyridine rings is 1. The van der Waals surface area contributed by atoms with Crippen LogP contribution in [0.25, 0.3) is 21.9 Å². The molecule has 32 heavy (non-hydrogen) atoms. The van der Waals surface area contributed by atoms with E-state index in [1.165, 1.54) is 18.2 Å². The third-order valence-corrected chi connectivity index (χ3v) is 5.72. The summed E-state index contributed by atoms with van der Waals surface area (Å²) in [7, 11) is 0. The summed E-state index contributed by atoms with van der Waals surface area (Å²) in [6, 6.07) is 20.6. The quantitative estimate of drug-likeness (QED) is 0.442. The molecule has 4 aromatic rings. The van der Waals surface area contributed by atoms with Gasteiger partial charge < -0.3 is 14.8 Å². The van der Waals surface area contributed by atoms with E-state index < -0.39 is 17.6 Å². The fourth-order valence-corrected chi connectivity index (χ4v) is 4.27. The second-order valence-corrected chi connectivity index (χ2v) is 7.55. The van der Waals surface area contributed by atoms with Crippen LogP contribution in [0.2, 0.25) is 0 Å². The highest BCUT2D eigenvalue weighted by Gasteiger charge is 2.29. The number of benzene rings is 3. The average Bonchev–Trinajstić information content (AvgIpc) is 3.12. The van der Waals surface area contributed by atoms with Crippen LogP contribution in [0.5, 0.6) is 0 Å². The first-order valence-electron chi connectivity index (χ1n) is 10.0. The number of fused-ring (bicyclic) bond motifs is 4. The molecule has 1 aliphatic carbocycles. The molecule has 7 nitrogen and oxygen atoms in total. The van der Waals surface area contributed by atoms with E-state index in [2.05, 4.69) is 22.4 Å². The molecule has 3 aromatic carbocycles. The highest BCUT2D eigenvalue weighted by molar-refractivity contribution is 6.04. The van der Waals surface area contributed by atoms with Crippen molar-refractivity contribution in [3.05, 3.63) is 100.0 Å². The Hall–Kier alpha value is -4.39. The maximum absolute atomic E-state index is 12.5. The molecule has 5 rings (SSSR count). The van der Waals surface area contributed by atoms with Crippen molar-refractivity contribution < 1.29 is 19.4 Å². The summed E-state index contributed by atoms with van der Waals surface area (Å²) < 4.78 is 5.52. The number of carbonyl (C=O) groups is 2. The normalized spacial score (nSPS) is 12.2. The minimum Gasteiger partial charge on any atom is -0.478 e. The molecule has 0 spiro atoms. The van der Waals surface area contributed by atoms with Gasteiger partial charge in [0.25, 0.3) is 5.56 Å². The van der Waals surface area contributed by atoms with Gasteiger partial charge in [0.05, 0.1) is 5.56 Å². The van der Waals surface area contributed by atoms with Crippen molar-refractivity contribution in [2.45, 2.75) is 5.92 Å². The maximum Gasteiger partial charge on any atom is 0.411 e. The monoisotopic (exact) mass is 426 g/mol. The number of aromatic amines is 1. The molecule has 0 saturated heterocycles. The number of carboxylic acid groups (broad SMARTS) is 1. The first kappa shape index (κ1) is 19.6. The number of ether oxygens (including phenoxy) is 1. The van der Waals surface area contributed by atoms with Crippen LogP contribution in [0.15, 0.2) is 77.7 Å². The Kier molecular flexibility index (Phi) is 4.71. The molecule has 0 bridgehead atoms. The molecule has 1 aliphatic rings. The molecule has 3 N–H and O–H groups in total. The van der Waals surface area contributed by atoms with Gasteiger partial charge in [-0.1, -0.05) is 54.6 Å². The van der Waals surface area contributed by atoms with Crippen molar-refractivity contribution in [3.8, 4) is 11.1 Å². The molecule has 1 amide bonds. The van der Waals surface area contributed by atoms with E-state index in [-0.39, 0.29) is 23.5 Å². The molecule has 158 valence electrons. The maximum atomic E-state index is 12.5. The van der Waals surface area contributed by atoms with Crippen LogP contribution in [0, 0.1) is 0 Å². The zero-order valence-corrected chi connectivity index (χ0v) is 16.8. The fraction of sp³-hybridized carbons (Fsp3) is 0.0800. The number of amides is 1. The van der Waals surface area contributed by atoms with E-state index in [1.54, 1.807) is 0 Å². The fourth-order valence-electron chi connectivity index (χ4n) is 4.27. The zero-order valence-electron chi connectivity index (χ0n) is 16.8. The molecule has 0 atom stereocenters. The third kappa shape index (κ3) is 3.30. The van der Waals surface area contributed by atoms with Crippen LogP contribution < -0.4 is 10.9 Å². The Morgan fingerprint density at radius 2 is 1.59 bits per heavy atom. The summed E-state index contributed by atoms with van der Waals surface area (Å²) in [6.45, 7) is 0.164. The van der Waals surface area contributed by atoms with Crippen molar-refractivity contribution in [3.63, 3.8) is 0 Å². The Bertz CT molecular complexity index is 1390. The molecule has 0 saturated carbocycles. The van der Waals surface area contributed by atoms with Crippen LogP contribution in [-0.2, 0) is 4.74 Å². The van der Waals surface area contributed by atoms with Crippen molar-refractivity contribution in [2.75, 3.05) is 11.9 Å². The first-order chi connectivity index (χ1) is 15.5. The lowest BCUT2D eigenvalue weighted by Gasteiger charge is -2.15. The number of carboxylic acids is 1. The molecule has 0 radical (unpaired) electrons. The minimum atomic E-state index is -1.15. The Labute approximate surface area is 182 Å². The van der Waals surface area contributed by atoms with Gasteiger partial charge in [0.1, 0.15) is 6.61 Å². The molecular weight excluding hydrogens is 408 g/mol. The summed E-state index contributed by atoms with van der Waals surface area (Å²) in [6.07, 6.45) is 0.503. The molecule has 1 aromatic heterocycles. The molecule has 7 heteroatoms. The van der Waals surface area contributed by atoms with Gasteiger partial charge in [0, 0.05) is 28.6 Å². The van der Waals surface area contributed by atoms with Crippen LogP contribution >= 0.6 is 0 Å². The van der Waals surface area contributed by atoms with Crippen LogP contribution in [-0.4, -0.2) is 28.8 Å². The number of hydrogen-bond donors (Lipinski definition) is 3. The Morgan fingerprint density at radius 1 is 0.938 bits per heavy atom. The van der Waals surface area contributed by atoms with Gasteiger partial charge in [-0.25, -0.2) is 9.59 Å². The molecular formula is C25H18N2O5. The topological polar surface area (TPSA) is 108 Å². The third-order valence-electron chi connectivity index (χ3n) is 5.72. The lowest BCUT2D eigenvalue weighted by Crippen LogP contribution is -2.18. The predicted octanol–water partition coefficient (Wildman–Crippen LogP) is 4.59. The van der Waals surface area contributed by atoms with Gasteiger partial charge >= 0.3 is 12.1 Å². The number of aromatic nitrogens is 1. The van der Waals surface area contributed by atoms with Gasteiger partial charge in [0.2, 0.25) is 0 Å². The lowest BCUT2D eigenvalue weighted by atomic mass is 9.98. The van der Waals surface area contributed by atoms with Gasteiger partial charge in [-0.3, -0.25) is 10.1 Å². The smallest absolute Gasteiger partial charge is 0.411 e. The zero-order chi connectivity index (χ0) is 22.2. The summed E-state index contributed by atoms with van der Waals surface area (Å²) in [5.74, 6) is -1.21. The number of nitrogens with one attached hydrogen (secondary N) is 2. The van der Waals surface area contributed by atoms with Gasteiger partial charge in [-0.2, -0.15) is 0 Å². The highest BCUT2D eigenvalue weighted by atomic mass is 16.5. The highest BCUT2D eigenvalue weighted by Crippen LogP contribution is 2.44. The predicted molar refractivity (Wildman–Crippen MR) is 120 cm³/mol. The molecule has 0 aliphatic heterocycles. The molecule has 0 unspecified atom stereocenters. The Morgan fingerprint density at radius 3 is 2.25 bits per heavy atom. The van der Waals surface area contributed by atoms with E-state index in [0.717, 1.165) is 28.5 Å². The number of H-pyrrole nitrogens is 1. The number of aromatic carboxylic acids is 1. The van der Waals surface area contributed by atoms with Crippen molar-refractivity contribution in [1.29, 1.82) is 0 Å². The lowest BCUT2D eigenvalue weighted by molar-refractivity contribution is 0.0698. The summed E-state index contributed by atoms with van der Waals surface area (Å²) in [5, 5.41) is 12.4. The SMILES string of the molecule is O=C(Nc1ccc2c(C(=O)O)c[nH]c(=O)c2c1)OCC1c2ccccc2-c2ccccc21.